The molecule has 0 radical (unpaired) electrons. The number of amides is 2. The lowest BCUT2D eigenvalue weighted by Crippen LogP contribution is -2.41. The first-order valence-corrected chi connectivity index (χ1v) is 6.60. The monoisotopic (exact) mass is 277 g/mol. The maximum absolute atomic E-state index is 11.9. The topological polar surface area (TPSA) is 70.2 Å². The molecule has 3 N–H and O–H groups in total. The van der Waals surface area contributed by atoms with Crippen LogP contribution in [0.3, 0.4) is 0 Å². The molecule has 0 fully saturated rings. The predicted molar refractivity (Wildman–Crippen MR) is 81.0 cm³/mol. The lowest BCUT2D eigenvalue weighted by molar-refractivity contribution is -0.115. The van der Waals surface area contributed by atoms with Gasteiger partial charge >= 0.3 is 0 Å². The molecule has 0 heterocycles. The Labute approximate surface area is 120 Å². The van der Waals surface area contributed by atoms with E-state index in [1.807, 2.05) is 33.8 Å². The number of aryl methyl sites for hydroxylation is 1. The number of rotatable bonds is 4. The Hall–Kier alpha value is -1.88. The van der Waals surface area contributed by atoms with Gasteiger partial charge in [-0.2, -0.15) is 0 Å². The molecule has 0 saturated carbocycles. The molecule has 0 saturated heterocycles. The fourth-order valence-corrected chi connectivity index (χ4v) is 1.58. The Bertz CT molecular complexity index is 504. The predicted octanol–water partition coefficient (Wildman–Crippen LogP) is 1.68. The maximum atomic E-state index is 11.9. The van der Waals surface area contributed by atoms with E-state index in [9.17, 15) is 9.59 Å². The van der Waals surface area contributed by atoms with Gasteiger partial charge in [-0.3, -0.25) is 9.59 Å². The lowest BCUT2D eigenvalue weighted by Gasteiger charge is -2.20. The third kappa shape index (κ3) is 5.01. The van der Waals surface area contributed by atoms with Gasteiger partial charge in [0.1, 0.15) is 0 Å². The van der Waals surface area contributed by atoms with Crippen molar-refractivity contribution in [3.8, 4) is 0 Å². The highest BCUT2D eigenvalue weighted by Gasteiger charge is 2.13. The number of hydrogen-bond donors (Lipinski definition) is 3. The third-order valence-electron chi connectivity index (χ3n) is 2.78. The number of anilines is 1. The van der Waals surface area contributed by atoms with E-state index < -0.39 is 0 Å². The van der Waals surface area contributed by atoms with Crippen LogP contribution >= 0.6 is 0 Å². The molecule has 0 aromatic heterocycles. The van der Waals surface area contributed by atoms with Crippen molar-refractivity contribution in [1.29, 1.82) is 0 Å². The van der Waals surface area contributed by atoms with Gasteiger partial charge in [0.15, 0.2) is 0 Å². The second kappa shape index (κ2) is 6.52. The van der Waals surface area contributed by atoms with E-state index in [-0.39, 0.29) is 23.9 Å². The molecular formula is C15H23N3O2. The van der Waals surface area contributed by atoms with Gasteiger partial charge in [0.25, 0.3) is 5.91 Å². The second-order valence-corrected chi connectivity index (χ2v) is 5.76. The zero-order valence-corrected chi connectivity index (χ0v) is 12.8. The van der Waals surface area contributed by atoms with Crippen molar-refractivity contribution >= 4 is 17.5 Å². The van der Waals surface area contributed by atoms with Crippen LogP contribution in [0.2, 0.25) is 0 Å². The van der Waals surface area contributed by atoms with E-state index >= 15 is 0 Å². The fraction of sp³-hybridized carbons (Fsp3) is 0.467. The zero-order valence-electron chi connectivity index (χ0n) is 12.8. The Kier molecular flexibility index (Phi) is 5.27. The van der Waals surface area contributed by atoms with Crippen LogP contribution in [0.5, 0.6) is 0 Å². The zero-order chi connectivity index (χ0) is 15.3. The molecule has 1 rings (SSSR count). The summed E-state index contributed by atoms with van der Waals surface area (Å²) in [7, 11) is 1.58. The fourth-order valence-electron chi connectivity index (χ4n) is 1.58. The van der Waals surface area contributed by atoms with E-state index in [1.165, 1.54) is 0 Å². The minimum Gasteiger partial charge on any atom is -0.355 e. The van der Waals surface area contributed by atoms with Gasteiger partial charge in [0.2, 0.25) is 5.91 Å². The molecule has 0 aliphatic rings. The summed E-state index contributed by atoms with van der Waals surface area (Å²) in [5, 5.41) is 8.50. The van der Waals surface area contributed by atoms with Gasteiger partial charge in [-0.15, -0.1) is 0 Å². The van der Waals surface area contributed by atoms with Crippen molar-refractivity contribution in [1.82, 2.24) is 10.6 Å². The molecule has 0 atom stereocenters. The molecule has 1 aromatic rings. The minimum atomic E-state index is -0.173. The number of carbonyl (C=O) groups excluding carboxylic acids is 2. The Morgan fingerprint density at radius 3 is 2.40 bits per heavy atom. The standard InChI is InChI=1S/C15H23N3O2/c1-10-6-7-11(14(20)16-5)8-12(10)18-13(19)9-17-15(2,3)4/h6-8,17H,9H2,1-5H3,(H,16,20)(H,18,19). The lowest BCUT2D eigenvalue weighted by atomic mass is 10.1. The van der Waals surface area contributed by atoms with E-state index in [2.05, 4.69) is 16.0 Å². The smallest absolute Gasteiger partial charge is 0.251 e. The number of nitrogens with one attached hydrogen (secondary N) is 3. The summed E-state index contributed by atoms with van der Waals surface area (Å²) in [6.45, 7) is 8.11. The highest BCUT2D eigenvalue weighted by atomic mass is 16.2. The first-order chi connectivity index (χ1) is 9.23. The van der Waals surface area contributed by atoms with Crippen LogP contribution in [0.25, 0.3) is 0 Å². The summed E-state index contributed by atoms with van der Waals surface area (Å²) in [6, 6.07) is 5.23. The second-order valence-electron chi connectivity index (χ2n) is 5.76. The molecule has 0 aliphatic heterocycles. The minimum absolute atomic E-state index is 0.115. The third-order valence-corrected chi connectivity index (χ3v) is 2.78. The molecule has 0 unspecified atom stereocenters. The van der Waals surface area contributed by atoms with Crippen LogP contribution in [0.15, 0.2) is 18.2 Å². The Morgan fingerprint density at radius 1 is 1.20 bits per heavy atom. The molecule has 1 aromatic carbocycles. The van der Waals surface area contributed by atoms with Crippen LogP contribution in [-0.2, 0) is 4.79 Å². The summed E-state index contributed by atoms with van der Waals surface area (Å²) in [6.07, 6.45) is 0. The van der Waals surface area contributed by atoms with Gasteiger partial charge in [-0.05, 0) is 45.4 Å². The summed E-state index contributed by atoms with van der Waals surface area (Å²) in [5.41, 5.74) is 1.99. The van der Waals surface area contributed by atoms with Crippen molar-refractivity contribution in [2.24, 2.45) is 0 Å². The average Bonchev–Trinajstić information content (AvgIpc) is 2.37. The van der Waals surface area contributed by atoms with Crippen LogP contribution in [-0.4, -0.2) is 30.9 Å². The van der Waals surface area contributed by atoms with Gasteiger partial charge in [-0.25, -0.2) is 0 Å². The molecule has 0 bridgehead atoms. The van der Waals surface area contributed by atoms with E-state index in [1.54, 1.807) is 19.2 Å². The quantitative estimate of drug-likeness (QED) is 0.784. The summed E-state index contributed by atoms with van der Waals surface area (Å²) in [5.74, 6) is -0.301. The molecule has 0 aliphatic carbocycles. The van der Waals surface area contributed by atoms with Gasteiger partial charge in [0, 0.05) is 23.8 Å². The van der Waals surface area contributed by atoms with Crippen molar-refractivity contribution in [3.05, 3.63) is 29.3 Å². The van der Waals surface area contributed by atoms with Crippen LogP contribution in [0.4, 0.5) is 5.69 Å². The van der Waals surface area contributed by atoms with Gasteiger partial charge in [-0.1, -0.05) is 6.07 Å². The van der Waals surface area contributed by atoms with E-state index in [0.717, 1.165) is 5.56 Å². The highest BCUT2D eigenvalue weighted by molar-refractivity contribution is 5.98. The molecule has 5 heteroatoms. The summed E-state index contributed by atoms with van der Waals surface area (Å²) >= 11 is 0. The van der Waals surface area contributed by atoms with E-state index in [4.69, 9.17) is 0 Å². The first-order valence-electron chi connectivity index (χ1n) is 6.60. The highest BCUT2D eigenvalue weighted by Crippen LogP contribution is 2.16. The first kappa shape index (κ1) is 16.2. The molecule has 2 amide bonds. The van der Waals surface area contributed by atoms with Gasteiger partial charge < -0.3 is 16.0 Å². The normalized spacial score (nSPS) is 11.1. The van der Waals surface area contributed by atoms with Crippen LogP contribution in [0, 0.1) is 6.92 Å². The Morgan fingerprint density at radius 2 is 1.85 bits per heavy atom. The van der Waals surface area contributed by atoms with Crippen molar-refractivity contribution in [3.63, 3.8) is 0 Å². The van der Waals surface area contributed by atoms with Crippen molar-refractivity contribution < 1.29 is 9.59 Å². The average molecular weight is 277 g/mol. The number of hydrogen-bond acceptors (Lipinski definition) is 3. The largest absolute Gasteiger partial charge is 0.355 e. The molecule has 20 heavy (non-hydrogen) atoms. The summed E-state index contributed by atoms with van der Waals surface area (Å²) < 4.78 is 0. The van der Waals surface area contributed by atoms with Crippen molar-refractivity contribution in [2.45, 2.75) is 33.2 Å². The maximum Gasteiger partial charge on any atom is 0.251 e. The molecule has 5 nitrogen and oxygen atoms in total. The number of benzene rings is 1. The van der Waals surface area contributed by atoms with Gasteiger partial charge in [0.05, 0.1) is 6.54 Å². The molecule has 0 spiro atoms. The Balaban J connectivity index is 2.76. The molecular weight excluding hydrogens is 254 g/mol. The summed E-state index contributed by atoms with van der Waals surface area (Å²) in [4.78, 5) is 23.5. The van der Waals surface area contributed by atoms with E-state index in [0.29, 0.717) is 11.3 Å². The molecule has 110 valence electrons. The van der Waals surface area contributed by atoms with Crippen LogP contribution < -0.4 is 16.0 Å². The SMILES string of the molecule is CNC(=O)c1ccc(C)c(NC(=O)CNC(C)(C)C)c1. The van der Waals surface area contributed by atoms with Crippen LogP contribution in [0.1, 0.15) is 36.7 Å². The number of carbonyl (C=O) groups is 2. The van der Waals surface area contributed by atoms with Crippen molar-refractivity contribution in [2.75, 3.05) is 18.9 Å².